The normalized spacial score (nSPS) is 21.6. The van der Waals surface area contributed by atoms with Crippen LogP contribution in [0, 0.1) is 0 Å². The van der Waals surface area contributed by atoms with Gasteiger partial charge in [0.2, 0.25) is 11.8 Å². The first kappa shape index (κ1) is 17.6. The fourth-order valence-electron chi connectivity index (χ4n) is 3.09. The highest BCUT2D eigenvalue weighted by Gasteiger charge is 2.29. The molecule has 1 unspecified atom stereocenters. The van der Waals surface area contributed by atoms with E-state index in [1.54, 1.807) is 17.8 Å². The number of hydrogen-bond donors (Lipinski definition) is 1. The van der Waals surface area contributed by atoms with Gasteiger partial charge in [-0.3, -0.25) is 14.9 Å². The molecule has 3 rings (SSSR count). The second-order valence-electron chi connectivity index (χ2n) is 6.14. The monoisotopic (exact) mass is 367 g/mol. The number of nitrogens with one attached hydrogen (secondary N) is 1. The van der Waals surface area contributed by atoms with E-state index in [0.29, 0.717) is 31.1 Å². The summed E-state index contributed by atoms with van der Waals surface area (Å²) in [4.78, 5) is 28.8. The SMILES string of the molecule is O=C(Cc1cccc(Cl)c1)N1CCCN(C(=O)C2CSCN2)CC1. The van der Waals surface area contributed by atoms with Gasteiger partial charge < -0.3 is 9.80 Å². The van der Waals surface area contributed by atoms with Crippen molar-refractivity contribution in [3.8, 4) is 0 Å². The summed E-state index contributed by atoms with van der Waals surface area (Å²) in [5.41, 5.74) is 0.928. The van der Waals surface area contributed by atoms with E-state index in [1.807, 2.05) is 28.0 Å². The highest BCUT2D eigenvalue weighted by Crippen LogP contribution is 2.15. The number of benzene rings is 1. The molecule has 24 heavy (non-hydrogen) atoms. The number of halogens is 1. The highest BCUT2D eigenvalue weighted by molar-refractivity contribution is 7.99. The van der Waals surface area contributed by atoms with Crippen molar-refractivity contribution in [2.45, 2.75) is 18.9 Å². The third-order valence-electron chi connectivity index (χ3n) is 4.42. The van der Waals surface area contributed by atoms with Gasteiger partial charge in [-0.05, 0) is 24.1 Å². The van der Waals surface area contributed by atoms with Crippen LogP contribution in [0.1, 0.15) is 12.0 Å². The predicted molar refractivity (Wildman–Crippen MR) is 97.2 cm³/mol. The van der Waals surface area contributed by atoms with E-state index in [0.717, 1.165) is 30.2 Å². The van der Waals surface area contributed by atoms with Gasteiger partial charge in [-0.25, -0.2) is 0 Å². The molecule has 1 atom stereocenters. The molecule has 7 heteroatoms. The fourth-order valence-corrected chi connectivity index (χ4v) is 4.24. The van der Waals surface area contributed by atoms with Crippen molar-refractivity contribution in [2.24, 2.45) is 0 Å². The fraction of sp³-hybridized carbons (Fsp3) is 0.529. The molecule has 5 nitrogen and oxygen atoms in total. The average Bonchev–Trinajstić information content (AvgIpc) is 2.98. The Hall–Kier alpha value is -1.24. The topological polar surface area (TPSA) is 52.7 Å². The van der Waals surface area contributed by atoms with E-state index in [-0.39, 0.29) is 17.9 Å². The lowest BCUT2D eigenvalue weighted by atomic mass is 10.1. The summed E-state index contributed by atoms with van der Waals surface area (Å²) in [5, 5.41) is 3.87. The average molecular weight is 368 g/mol. The summed E-state index contributed by atoms with van der Waals surface area (Å²) < 4.78 is 0. The molecule has 2 fully saturated rings. The molecule has 0 spiro atoms. The maximum atomic E-state index is 12.5. The summed E-state index contributed by atoms with van der Waals surface area (Å²) in [6, 6.07) is 7.35. The largest absolute Gasteiger partial charge is 0.341 e. The molecular weight excluding hydrogens is 346 g/mol. The summed E-state index contributed by atoms with van der Waals surface area (Å²) in [5.74, 6) is 1.95. The van der Waals surface area contributed by atoms with Crippen molar-refractivity contribution in [2.75, 3.05) is 37.8 Å². The zero-order chi connectivity index (χ0) is 16.9. The molecule has 0 radical (unpaired) electrons. The highest BCUT2D eigenvalue weighted by atomic mass is 35.5. The van der Waals surface area contributed by atoms with E-state index in [9.17, 15) is 9.59 Å². The Labute approximate surface area is 151 Å². The molecule has 2 amide bonds. The van der Waals surface area contributed by atoms with Gasteiger partial charge in [0, 0.05) is 42.8 Å². The van der Waals surface area contributed by atoms with Crippen LogP contribution in [0.2, 0.25) is 5.02 Å². The zero-order valence-corrected chi connectivity index (χ0v) is 15.1. The number of carbonyl (C=O) groups excluding carboxylic acids is 2. The summed E-state index contributed by atoms with van der Waals surface area (Å²) in [6.45, 7) is 2.65. The number of carbonyl (C=O) groups is 2. The predicted octanol–water partition coefficient (Wildman–Crippen LogP) is 1.61. The molecule has 1 N–H and O–H groups in total. The number of thioether (sulfide) groups is 1. The third kappa shape index (κ3) is 4.43. The molecule has 0 aliphatic carbocycles. The van der Waals surface area contributed by atoms with Crippen LogP contribution in [-0.2, 0) is 16.0 Å². The van der Waals surface area contributed by atoms with Crippen molar-refractivity contribution in [1.82, 2.24) is 15.1 Å². The minimum Gasteiger partial charge on any atom is -0.341 e. The number of amides is 2. The van der Waals surface area contributed by atoms with E-state index < -0.39 is 0 Å². The maximum Gasteiger partial charge on any atom is 0.240 e. The number of hydrogen-bond acceptors (Lipinski definition) is 4. The molecule has 2 aliphatic heterocycles. The van der Waals surface area contributed by atoms with Crippen LogP contribution in [0.25, 0.3) is 0 Å². The van der Waals surface area contributed by atoms with Gasteiger partial charge in [0.1, 0.15) is 0 Å². The third-order valence-corrected chi connectivity index (χ3v) is 5.59. The Kier molecular flexibility index (Phi) is 6.03. The van der Waals surface area contributed by atoms with Crippen LogP contribution in [0.5, 0.6) is 0 Å². The van der Waals surface area contributed by atoms with Crippen molar-refractivity contribution in [3.05, 3.63) is 34.9 Å². The zero-order valence-electron chi connectivity index (χ0n) is 13.5. The molecular formula is C17H22ClN3O2S. The molecule has 1 aromatic carbocycles. The molecule has 1 aromatic rings. The minimum atomic E-state index is -0.0660. The van der Waals surface area contributed by atoms with Crippen molar-refractivity contribution in [3.63, 3.8) is 0 Å². The molecule has 0 saturated carbocycles. The van der Waals surface area contributed by atoms with Crippen LogP contribution in [0.4, 0.5) is 0 Å². The van der Waals surface area contributed by atoms with Crippen LogP contribution >= 0.6 is 23.4 Å². The Balaban J connectivity index is 1.54. The van der Waals surface area contributed by atoms with E-state index in [4.69, 9.17) is 11.6 Å². The maximum absolute atomic E-state index is 12.5. The van der Waals surface area contributed by atoms with Crippen molar-refractivity contribution < 1.29 is 9.59 Å². The smallest absolute Gasteiger partial charge is 0.240 e. The summed E-state index contributed by atoms with van der Waals surface area (Å²) in [7, 11) is 0. The first-order valence-electron chi connectivity index (χ1n) is 8.25. The Morgan fingerprint density at radius 1 is 1.21 bits per heavy atom. The summed E-state index contributed by atoms with van der Waals surface area (Å²) in [6.07, 6.45) is 1.18. The van der Waals surface area contributed by atoms with Gasteiger partial charge in [0.05, 0.1) is 12.5 Å². The molecule has 0 bridgehead atoms. The van der Waals surface area contributed by atoms with Crippen LogP contribution in [-0.4, -0.2) is 65.5 Å². The second kappa shape index (κ2) is 8.23. The lowest BCUT2D eigenvalue weighted by molar-refractivity contribution is -0.134. The van der Waals surface area contributed by atoms with Crippen LogP contribution < -0.4 is 5.32 Å². The van der Waals surface area contributed by atoms with E-state index >= 15 is 0 Å². The Bertz CT molecular complexity index is 607. The molecule has 2 saturated heterocycles. The quantitative estimate of drug-likeness (QED) is 0.881. The van der Waals surface area contributed by atoms with Gasteiger partial charge >= 0.3 is 0 Å². The molecule has 0 aromatic heterocycles. The van der Waals surface area contributed by atoms with Crippen molar-refractivity contribution in [1.29, 1.82) is 0 Å². The van der Waals surface area contributed by atoms with Gasteiger partial charge in [0.15, 0.2) is 0 Å². The number of nitrogens with zero attached hydrogens (tertiary/aromatic N) is 2. The van der Waals surface area contributed by atoms with Gasteiger partial charge in [-0.1, -0.05) is 23.7 Å². The molecule has 130 valence electrons. The van der Waals surface area contributed by atoms with Crippen LogP contribution in [0.3, 0.4) is 0 Å². The first-order chi connectivity index (χ1) is 11.6. The van der Waals surface area contributed by atoms with Gasteiger partial charge in [-0.2, -0.15) is 0 Å². The molecule has 2 aliphatic rings. The van der Waals surface area contributed by atoms with Gasteiger partial charge in [0.25, 0.3) is 0 Å². The first-order valence-corrected chi connectivity index (χ1v) is 9.79. The van der Waals surface area contributed by atoms with Crippen LogP contribution in [0.15, 0.2) is 24.3 Å². The van der Waals surface area contributed by atoms with E-state index in [2.05, 4.69) is 5.32 Å². The number of rotatable bonds is 3. The molecule has 2 heterocycles. The lowest BCUT2D eigenvalue weighted by Crippen LogP contribution is -2.46. The Morgan fingerprint density at radius 3 is 2.75 bits per heavy atom. The Morgan fingerprint density at radius 2 is 2.00 bits per heavy atom. The second-order valence-corrected chi connectivity index (χ2v) is 7.60. The van der Waals surface area contributed by atoms with Gasteiger partial charge in [-0.15, -0.1) is 11.8 Å². The van der Waals surface area contributed by atoms with E-state index in [1.165, 1.54) is 0 Å². The standard InChI is InChI=1S/C17H22ClN3O2S/c18-14-4-1-3-13(9-14)10-16(22)20-5-2-6-21(8-7-20)17(23)15-11-24-12-19-15/h1,3-4,9,15,19H,2,5-8,10-12H2. The minimum absolute atomic E-state index is 0.0660. The lowest BCUT2D eigenvalue weighted by Gasteiger charge is -2.24. The summed E-state index contributed by atoms with van der Waals surface area (Å²) >= 11 is 7.73. The van der Waals surface area contributed by atoms with Crippen molar-refractivity contribution >= 4 is 35.2 Å².